The van der Waals surface area contributed by atoms with Gasteiger partial charge in [-0.15, -0.1) is 12.4 Å². The van der Waals surface area contributed by atoms with Gasteiger partial charge >= 0.3 is 164 Å². The fourth-order valence-corrected chi connectivity index (χ4v) is 11.1. The van der Waals surface area contributed by atoms with E-state index in [2.05, 4.69) is 130 Å². The van der Waals surface area contributed by atoms with E-state index < -0.39 is 6.29 Å². The van der Waals surface area contributed by atoms with E-state index in [0.717, 1.165) is 6.16 Å². The SMILES string of the molecule is Cl.PP(Cc1ccccc1)(c1ccccc1)(c1ccccc1)c1ccccc1. The summed E-state index contributed by atoms with van der Waals surface area (Å²) in [4.78, 5) is 0. The van der Waals surface area contributed by atoms with E-state index >= 15 is 0 Å². The first-order valence-electron chi connectivity index (χ1n) is 9.24. The zero-order valence-electron chi connectivity index (χ0n) is 15.7. The standard InChI is InChI=1S/C25H24P2.ClH/c26-27(23-15-7-2-8-16-23,24-17-9-3-10-18-24,25-19-11-4-12-20-25)21-22-13-5-1-6-14-22;/h1-20H,21,26H2;1H. The number of hydrogen-bond acceptors (Lipinski definition) is 0. The molecule has 0 heterocycles. The molecule has 4 aromatic carbocycles. The van der Waals surface area contributed by atoms with Crippen molar-refractivity contribution in [2.45, 2.75) is 6.16 Å². The Balaban J connectivity index is 0.00000225. The number of hydrogen-bond donors (Lipinski definition) is 0. The van der Waals surface area contributed by atoms with Crippen molar-refractivity contribution in [3.8, 4) is 0 Å². The quantitative estimate of drug-likeness (QED) is 0.350. The van der Waals surface area contributed by atoms with Gasteiger partial charge in [-0.3, -0.25) is 0 Å². The third-order valence-electron chi connectivity index (χ3n) is 5.39. The van der Waals surface area contributed by atoms with Crippen LogP contribution in [-0.4, -0.2) is 0 Å². The summed E-state index contributed by atoms with van der Waals surface area (Å²) in [6, 6.07) is 44.0. The number of benzene rings is 4. The van der Waals surface area contributed by atoms with Crippen molar-refractivity contribution in [3.05, 3.63) is 127 Å². The molecule has 3 heteroatoms. The molecule has 0 aliphatic heterocycles. The van der Waals surface area contributed by atoms with Crippen molar-refractivity contribution in [3.63, 3.8) is 0 Å². The molecule has 0 saturated heterocycles. The average molecular weight is 423 g/mol. The number of halogens is 1. The van der Waals surface area contributed by atoms with Crippen LogP contribution in [0.25, 0.3) is 0 Å². The maximum atomic E-state index is 3.40. The Morgan fingerprint density at radius 1 is 0.464 bits per heavy atom. The van der Waals surface area contributed by atoms with Gasteiger partial charge in [0.25, 0.3) is 0 Å². The fraction of sp³-hybridized carbons (Fsp3) is 0.0400. The molecule has 1 unspecified atom stereocenters. The van der Waals surface area contributed by atoms with Crippen molar-refractivity contribution in [1.82, 2.24) is 0 Å². The second kappa shape index (κ2) is 8.59. The second-order valence-electron chi connectivity index (χ2n) is 7.03. The van der Waals surface area contributed by atoms with E-state index in [1.54, 1.807) is 0 Å². The zero-order chi connectivity index (χ0) is 18.6. The zero-order valence-corrected chi connectivity index (χ0v) is 18.6. The summed E-state index contributed by atoms with van der Waals surface area (Å²) in [5, 5.41) is 4.19. The molecular weight excluding hydrogens is 398 g/mol. The third kappa shape index (κ3) is 3.54. The Hall–Kier alpha value is -1.97. The van der Waals surface area contributed by atoms with Crippen LogP contribution in [0.4, 0.5) is 0 Å². The molecule has 1 atom stereocenters. The van der Waals surface area contributed by atoms with Gasteiger partial charge in [0.1, 0.15) is 0 Å². The molecule has 142 valence electrons. The fourth-order valence-electron chi connectivity index (χ4n) is 3.99. The summed E-state index contributed by atoms with van der Waals surface area (Å²) in [6.07, 6.45) is -1.78. The monoisotopic (exact) mass is 422 g/mol. The predicted molar refractivity (Wildman–Crippen MR) is 132 cm³/mol. The Labute approximate surface area is 176 Å². The first kappa shape index (κ1) is 20.8. The van der Waals surface area contributed by atoms with Crippen LogP contribution in [0.1, 0.15) is 5.56 Å². The summed E-state index contributed by atoms with van der Waals surface area (Å²) >= 11 is 0. The van der Waals surface area contributed by atoms with E-state index in [1.807, 2.05) is 0 Å². The summed E-state index contributed by atoms with van der Waals surface area (Å²) in [5.74, 6) is 0. The Morgan fingerprint density at radius 2 is 0.750 bits per heavy atom. The van der Waals surface area contributed by atoms with Crippen LogP contribution < -0.4 is 15.9 Å². The molecule has 4 rings (SSSR count). The van der Waals surface area contributed by atoms with Crippen LogP contribution in [0.5, 0.6) is 0 Å². The van der Waals surface area contributed by atoms with Crippen molar-refractivity contribution in [2.24, 2.45) is 0 Å². The van der Waals surface area contributed by atoms with Gasteiger partial charge < -0.3 is 0 Å². The van der Waals surface area contributed by atoms with Gasteiger partial charge in [0.2, 0.25) is 0 Å². The van der Waals surface area contributed by atoms with Crippen LogP contribution in [0, 0.1) is 0 Å². The van der Waals surface area contributed by atoms with Crippen molar-refractivity contribution in [1.29, 1.82) is 0 Å². The molecule has 28 heavy (non-hydrogen) atoms. The molecule has 0 aliphatic carbocycles. The summed E-state index contributed by atoms with van der Waals surface area (Å²) in [6.45, 7) is 0. The molecule has 0 fully saturated rings. The van der Waals surface area contributed by atoms with Crippen LogP contribution in [0.3, 0.4) is 0 Å². The topological polar surface area (TPSA) is 0 Å². The molecule has 0 amide bonds. The van der Waals surface area contributed by atoms with E-state index in [0.29, 0.717) is 0 Å². The molecule has 0 radical (unpaired) electrons. The van der Waals surface area contributed by atoms with Gasteiger partial charge in [-0.2, -0.15) is 0 Å². The molecule has 4 aromatic rings. The predicted octanol–water partition coefficient (Wildman–Crippen LogP) is 5.93. The summed E-state index contributed by atoms with van der Waals surface area (Å²) < 4.78 is 0. The molecule has 0 bridgehead atoms. The molecule has 0 nitrogen and oxygen atoms in total. The van der Waals surface area contributed by atoms with Gasteiger partial charge in [-0.1, -0.05) is 0 Å². The van der Waals surface area contributed by atoms with E-state index in [-0.39, 0.29) is 12.4 Å². The van der Waals surface area contributed by atoms with E-state index in [4.69, 9.17) is 0 Å². The van der Waals surface area contributed by atoms with Gasteiger partial charge in [0.05, 0.1) is 0 Å². The van der Waals surface area contributed by atoms with Crippen LogP contribution in [-0.2, 0) is 6.16 Å². The van der Waals surface area contributed by atoms with Gasteiger partial charge in [-0.25, -0.2) is 0 Å². The Morgan fingerprint density at radius 3 is 1.07 bits per heavy atom. The van der Waals surface area contributed by atoms with Crippen LogP contribution >= 0.6 is 27.6 Å². The Kier molecular flexibility index (Phi) is 6.36. The minimum atomic E-state index is -2.76. The minimum absolute atomic E-state index is 0. The molecular formula is C25H25ClP2. The third-order valence-corrected chi connectivity index (χ3v) is 14.1. The molecule has 0 aliphatic rings. The maximum absolute atomic E-state index is 3.40. The van der Waals surface area contributed by atoms with Gasteiger partial charge in [0.15, 0.2) is 0 Å². The normalized spacial score (nSPS) is 12.4. The number of rotatable bonds is 5. The van der Waals surface area contributed by atoms with Crippen molar-refractivity contribution in [2.75, 3.05) is 0 Å². The first-order valence-corrected chi connectivity index (χ1v) is 13.3. The average Bonchev–Trinajstić information content (AvgIpc) is 2.76. The summed E-state index contributed by atoms with van der Waals surface area (Å²) in [7, 11) is 3.40. The Bertz CT molecular complexity index is 904. The summed E-state index contributed by atoms with van der Waals surface area (Å²) in [5.41, 5.74) is 1.36. The molecule has 0 saturated carbocycles. The second-order valence-corrected chi connectivity index (χ2v) is 15.1. The van der Waals surface area contributed by atoms with Crippen LogP contribution in [0.15, 0.2) is 121 Å². The van der Waals surface area contributed by atoms with Crippen molar-refractivity contribution < 1.29 is 0 Å². The first-order chi connectivity index (χ1) is 13.2. The van der Waals surface area contributed by atoms with Crippen molar-refractivity contribution >= 4 is 43.5 Å². The molecule has 0 N–H and O–H groups in total. The molecule has 0 aromatic heterocycles. The van der Waals surface area contributed by atoms with E-state index in [1.165, 1.54) is 21.5 Å². The van der Waals surface area contributed by atoms with Gasteiger partial charge in [0, 0.05) is 0 Å². The van der Waals surface area contributed by atoms with Gasteiger partial charge in [-0.05, 0) is 0 Å². The molecule has 0 spiro atoms. The van der Waals surface area contributed by atoms with Crippen LogP contribution in [0.2, 0.25) is 0 Å². The van der Waals surface area contributed by atoms with E-state index in [9.17, 15) is 0 Å².